The highest BCUT2D eigenvalue weighted by Gasteiger charge is 2.32. The van der Waals surface area contributed by atoms with E-state index in [9.17, 15) is 13.2 Å². The second-order valence-electron chi connectivity index (χ2n) is 4.77. The van der Waals surface area contributed by atoms with Crippen LogP contribution in [0.1, 0.15) is 31.4 Å². The average molecular weight is 282 g/mol. The first-order chi connectivity index (χ1) is 9.51. The van der Waals surface area contributed by atoms with E-state index in [0.717, 1.165) is 17.2 Å². The number of hydrogen-bond acceptors (Lipinski definition) is 2. The lowest BCUT2D eigenvalue weighted by Crippen LogP contribution is -2.27. The fourth-order valence-corrected chi connectivity index (χ4v) is 2.28. The zero-order valence-electron chi connectivity index (χ0n) is 11.2. The topological polar surface area (TPSA) is 24.9 Å². The molecule has 0 amide bonds. The Balaban J connectivity index is 2.39. The summed E-state index contributed by atoms with van der Waals surface area (Å²) in [6.07, 6.45) is -1.01. The molecule has 0 aliphatic rings. The van der Waals surface area contributed by atoms with Gasteiger partial charge in [0.25, 0.3) is 0 Å². The molecule has 0 radical (unpaired) electrons. The second-order valence-corrected chi connectivity index (χ2v) is 4.77. The molecule has 1 aromatic heterocycles. The number of benzene rings is 1. The molecule has 0 saturated heterocycles. The molecule has 0 aliphatic heterocycles. The average Bonchev–Trinajstić information content (AvgIpc) is 2.41. The first kappa shape index (κ1) is 14.8. The van der Waals surface area contributed by atoms with E-state index in [1.165, 1.54) is 0 Å². The van der Waals surface area contributed by atoms with Crippen LogP contribution in [0.5, 0.6) is 0 Å². The van der Waals surface area contributed by atoms with Gasteiger partial charge in [-0.05, 0) is 30.0 Å². The molecule has 1 aromatic carbocycles. The summed E-state index contributed by atoms with van der Waals surface area (Å²) in [5.41, 5.74) is 0.654. The summed E-state index contributed by atoms with van der Waals surface area (Å²) in [4.78, 5) is 4.02. The lowest BCUT2D eigenvalue weighted by Gasteiger charge is -2.22. The minimum atomic E-state index is -4.20. The van der Waals surface area contributed by atoms with Crippen molar-refractivity contribution in [2.45, 2.75) is 32.0 Å². The van der Waals surface area contributed by atoms with Crippen LogP contribution in [0.4, 0.5) is 13.2 Å². The van der Waals surface area contributed by atoms with E-state index in [-0.39, 0.29) is 0 Å². The lowest BCUT2D eigenvalue weighted by molar-refractivity contribution is -0.140. The van der Waals surface area contributed by atoms with Crippen molar-refractivity contribution in [3.63, 3.8) is 0 Å². The highest BCUT2D eigenvalue weighted by atomic mass is 19.4. The third-order valence-corrected chi connectivity index (χ3v) is 3.17. The largest absolute Gasteiger partial charge is 0.390 e. The third-order valence-electron chi connectivity index (χ3n) is 3.17. The number of hydrogen-bond donors (Lipinski definition) is 1. The number of aromatic nitrogens is 1. The number of pyridine rings is 1. The molecule has 0 saturated carbocycles. The Morgan fingerprint density at radius 3 is 2.75 bits per heavy atom. The number of alkyl halides is 3. The van der Waals surface area contributed by atoms with E-state index < -0.39 is 18.6 Å². The van der Waals surface area contributed by atoms with Crippen LogP contribution in [-0.2, 0) is 0 Å². The summed E-state index contributed by atoms with van der Waals surface area (Å²) < 4.78 is 38.3. The van der Waals surface area contributed by atoms with Crippen LogP contribution in [0.25, 0.3) is 10.8 Å². The van der Waals surface area contributed by atoms with Gasteiger partial charge in [0, 0.05) is 23.8 Å². The monoisotopic (exact) mass is 282 g/mol. The highest BCUT2D eigenvalue weighted by molar-refractivity contribution is 5.85. The number of halogens is 3. The molecule has 1 unspecified atom stereocenters. The highest BCUT2D eigenvalue weighted by Crippen LogP contribution is 2.32. The van der Waals surface area contributed by atoms with Crippen molar-refractivity contribution in [1.29, 1.82) is 0 Å². The normalized spacial score (nSPS) is 13.6. The summed E-state index contributed by atoms with van der Waals surface area (Å²) in [5.74, 6) is 0. The predicted molar refractivity (Wildman–Crippen MR) is 73.4 cm³/mol. The summed E-state index contributed by atoms with van der Waals surface area (Å²) in [6.45, 7) is 2.49. The molecular weight excluding hydrogens is 265 g/mol. The molecule has 1 N–H and O–H groups in total. The molecule has 2 rings (SSSR count). The van der Waals surface area contributed by atoms with Crippen LogP contribution in [0, 0.1) is 0 Å². The standard InChI is InChI=1S/C15H17F3N2/c1-2-7-20-14(9-15(16,17)18)12-5-3-4-11-6-8-19-10-13(11)12/h3-6,8,10,14,20H,2,7,9H2,1H3. The molecule has 20 heavy (non-hydrogen) atoms. The van der Waals surface area contributed by atoms with Gasteiger partial charge in [0.2, 0.25) is 0 Å². The summed E-state index contributed by atoms with van der Waals surface area (Å²) >= 11 is 0. The van der Waals surface area contributed by atoms with Crippen LogP contribution < -0.4 is 5.32 Å². The maximum absolute atomic E-state index is 12.8. The smallest absolute Gasteiger partial charge is 0.310 e. The van der Waals surface area contributed by atoms with E-state index in [1.54, 1.807) is 24.5 Å². The van der Waals surface area contributed by atoms with Gasteiger partial charge < -0.3 is 5.32 Å². The van der Waals surface area contributed by atoms with Crippen molar-refractivity contribution >= 4 is 10.8 Å². The van der Waals surface area contributed by atoms with Crippen molar-refractivity contribution in [2.24, 2.45) is 0 Å². The van der Waals surface area contributed by atoms with Crippen molar-refractivity contribution in [2.75, 3.05) is 6.54 Å². The first-order valence-electron chi connectivity index (χ1n) is 6.64. The minimum Gasteiger partial charge on any atom is -0.310 e. The molecule has 5 heteroatoms. The van der Waals surface area contributed by atoms with Crippen molar-refractivity contribution in [3.8, 4) is 0 Å². The van der Waals surface area contributed by atoms with Crippen LogP contribution in [-0.4, -0.2) is 17.7 Å². The second kappa shape index (κ2) is 6.22. The van der Waals surface area contributed by atoms with Crippen LogP contribution >= 0.6 is 0 Å². The molecule has 2 aromatic rings. The van der Waals surface area contributed by atoms with E-state index in [2.05, 4.69) is 10.3 Å². The third kappa shape index (κ3) is 3.70. The summed E-state index contributed by atoms with van der Waals surface area (Å²) in [5, 5.41) is 4.66. The molecule has 0 fully saturated rings. The minimum absolute atomic E-state index is 0.553. The molecule has 108 valence electrons. The summed E-state index contributed by atoms with van der Waals surface area (Å²) in [7, 11) is 0. The first-order valence-corrected chi connectivity index (χ1v) is 6.64. The Morgan fingerprint density at radius 1 is 1.25 bits per heavy atom. The SMILES string of the molecule is CCCNC(CC(F)(F)F)c1cccc2ccncc12. The van der Waals surface area contributed by atoms with Crippen molar-refractivity contribution in [1.82, 2.24) is 10.3 Å². The fraction of sp³-hybridized carbons (Fsp3) is 0.400. The van der Waals surface area contributed by atoms with Gasteiger partial charge in [-0.1, -0.05) is 25.1 Å². The van der Waals surface area contributed by atoms with Gasteiger partial charge in [-0.15, -0.1) is 0 Å². The number of nitrogens with zero attached hydrogens (tertiary/aromatic N) is 1. The van der Waals surface area contributed by atoms with Crippen LogP contribution in [0.15, 0.2) is 36.7 Å². The van der Waals surface area contributed by atoms with Crippen LogP contribution in [0.2, 0.25) is 0 Å². The summed E-state index contributed by atoms with van der Waals surface area (Å²) in [6, 6.07) is 6.48. The Bertz CT molecular complexity index is 561. The number of rotatable bonds is 5. The van der Waals surface area contributed by atoms with Gasteiger partial charge >= 0.3 is 6.18 Å². The Hall–Kier alpha value is -1.62. The maximum Gasteiger partial charge on any atom is 0.390 e. The zero-order valence-corrected chi connectivity index (χ0v) is 11.2. The quantitative estimate of drug-likeness (QED) is 0.887. The van der Waals surface area contributed by atoms with Crippen molar-refractivity contribution < 1.29 is 13.2 Å². The number of nitrogens with one attached hydrogen (secondary N) is 1. The molecule has 0 bridgehead atoms. The molecule has 2 nitrogen and oxygen atoms in total. The Morgan fingerprint density at radius 2 is 2.05 bits per heavy atom. The molecule has 0 spiro atoms. The van der Waals surface area contributed by atoms with Crippen molar-refractivity contribution in [3.05, 3.63) is 42.2 Å². The van der Waals surface area contributed by atoms with E-state index in [0.29, 0.717) is 12.1 Å². The van der Waals surface area contributed by atoms with Gasteiger partial charge in [-0.2, -0.15) is 13.2 Å². The van der Waals surface area contributed by atoms with Gasteiger partial charge in [0.15, 0.2) is 0 Å². The van der Waals surface area contributed by atoms with E-state index in [4.69, 9.17) is 0 Å². The Labute approximate surface area is 116 Å². The van der Waals surface area contributed by atoms with Crippen LogP contribution in [0.3, 0.4) is 0 Å². The number of fused-ring (bicyclic) bond motifs is 1. The molecule has 1 atom stereocenters. The predicted octanol–water partition coefficient (Wildman–Crippen LogP) is 4.23. The van der Waals surface area contributed by atoms with Gasteiger partial charge in [0.1, 0.15) is 0 Å². The Kier molecular flexibility index (Phi) is 4.60. The van der Waals surface area contributed by atoms with E-state index >= 15 is 0 Å². The molecule has 0 aliphatic carbocycles. The molecule has 1 heterocycles. The lowest BCUT2D eigenvalue weighted by atomic mass is 9.97. The van der Waals surface area contributed by atoms with Gasteiger partial charge in [-0.3, -0.25) is 4.98 Å². The van der Waals surface area contributed by atoms with E-state index in [1.807, 2.05) is 19.1 Å². The molecular formula is C15H17F3N2. The zero-order chi connectivity index (χ0) is 14.6. The van der Waals surface area contributed by atoms with Gasteiger partial charge in [-0.25, -0.2) is 0 Å². The van der Waals surface area contributed by atoms with Gasteiger partial charge in [0.05, 0.1) is 6.42 Å². The fourth-order valence-electron chi connectivity index (χ4n) is 2.28. The maximum atomic E-state index is 12.8.